The van der Waals surface area contributed by atoms with Crippen LogP contribution in [0.4, 0.5) is 5.69 Å². The predicted molar refractivity (Wildman–Crippen MR) is 76.6 cm³/mol. The summed E-state index contributed by atoms with van der Waals surface area (Å²) in [5, 5.41) is 12.1. The van der Waals surface area contributed by atoms with E-state index in [0.717, 1.165) is 0 Å². The molecule has 6 heteroatoms. The molecule has 0 radical (unpaired) electrons. The first-order valence-corrected chi connectivity index (χ1v) is 6.87. The number of benzene rings is 1. The highest BCUT2D eigenvalue weighted by Crippen LogP contribution is 2.30. The van der Waals surface area contributed by atoms with Crippen molar-refractivity contribution in [2.24, 2.45) is 5.92 Å². The fraction of sp³-hybridized carbons (Fsp3) is 0.429. The van der Waals surface area contributed by atoms with Crippen molar-refractivity contribution in [3.8, 4) is 0 Å². The maximum Gasteiger partial charge on any atom is 0.227 e. The van der Waals surface area contributed by atoms with E-state index >= 15 is 0 Å². The van der Waals surface area contributed by atoms with Crippen molar-refractivity contribution < 1.29 is 14.7 Å². The van der Waals surface area contributed by atoms with Crippen LogP contribution in [0, 0.1) is 5.92 Å². The highest BCUT2D eigenvalue weighted by Gasteiger charge is 2.36. The molecular formula is C14H17ClN2O3. The standard InChI is InChI=1S/C14H17ClN2O3/c1-9(8-18)16-14(20)10-6-13(19)17(7-10)12-5-3-2-4-11(12)15/h2-5,9-10,18H,6-8H2,1H3,(H,16,20). The fourth-order valence-electron chi connectivity index (χ4n) is 2.19. The van der Waals surface area contributed by atoms with E-state index in [4.69, 9.17) is 16.7 Å². The van der Waals surface area contributed by atoms with E-state index in [-0.39, 0.29) is 30.9 Å². The predicted octanol–water partition coefficient (Wildman–Crippen LogP) is 1.19. The van der Waals surface area contributed by atoms with Crippen LogP contribution in [0.5, 0.6) is 0 Å². The highest BCUT2D eigenvalue weighted by atomic mass is 35.5. The van der Waals surface area contributed by atoms with Gasteiger partial charge >= 0.3 is 0 Å². The second kappa shape index (κ2) is 6.24. The van der Waals surface area contributed by atoms with Crippen LogP contribution in [0.3, 0.4) is 0 Å². The molecule has 1 aromatic rings. The number of hydrogen-bond donors (Lipinski definition) is 2. The lowest BCUT2D eigenvalue weighted by Crippen LogP contribution is -2.40. The van der Waals surface area contributed by atoms with E-state index in [1.807, 2.05) is 0 Å². The molecule has 0 bridgehead atoms. The molecule has 2 N–H and O–H groups in total. The number of carbonyl (C=O) groups excluding carboxylic acids is 2. The van der Waals surface area contributed by atoms with Gasteiger partial charge in [0.15, 0.2) is 0 Å². The molecule has 1 saturated heterocycles. The summed E-state index contributed by atoms with van der Waals surface area (Å²) in [4.78, 5) is 25.6. The average Bonchev–Trinajstić information content (AvgIpc) is 2.81. The summed E-state index contributed by atoms with van der Waals surface area (Å²) in [6.45, 7) is 1.90. The Morgan fingerprint density at radius 2 is 2.25 bits per heavy atom. The molecule has 20 heavy (non-hydrogen) atoms. The first-order valence-electron chi connectivity index (χ1n) is 6.49. The Labute approximate surface area is 122 Å². The Kier molecular flexibility index (Phi) is 4.62. The molecule has 1 aliphatic rings. The Balaban J connectivity index is 2.08. The number of aliphatic hydroxyl groups is 1. The molecular weight excluding hydrogens is 280 g/mol. The second-order valence-electron chi connectivity index (χ2n) is 4.95. The van der Waals surface area contributed by atoms with Gasteiger partial charge in [0.2, 0.25) is 11.8 Å². The Bertz CT molecular complexity index is 521. The molecule has 0 saturated carbocycles. The summed E-state index contributed by atoms with van der Waals surface area (Å²) in [6, 6.07) is 6.75. The third kappa shape index (κ3) is 3.11. The molecule has 1 heterocycles. The molecule has 0 spiro atoms. The third-order valence-corrected chi connectivity index (χ3v) is 3.62. The normalized spacial score (nSPS) is 20.1. The van der Waals surface area contributed by atoms with Gasteiger partial charge in [0.25, 0.3) is 0 Å². The lowest BCUT2D eigenvalue weighted by atomic mass is 10.1. The molecule has 2 amide bonds. The van der Waals surface area contributed by atoms with E-state index < -0.39 is 5.92 Å². The van der Waals surface area contributed by atoms with Crippen molar-refractivity contribution >= 4 is 29.1 Å². The average molecular weight is 297 g/mol. The Morgan fingerprint density at radius 3 is 2.90 bits per heavy atom. The minimum Gasteiger partial charge on any atom is -0.394 e. The number of rotatable bonds is 4. The SMILES string of the molecule is CC(CO)NC(=O)C1CC(=O)N(c2ccccc2Cl)C1. The lowest BCUT2D eigenvalue weighted by Gasteiger charge is -2.18. The number of carbonyl (C=O) groups is 2. The van der Waals surface area contributed by atoms with E-state index in [0.29, 0.717) is 17.3 Å². The Morgan fingerprint density at radius 1 is 1.55 bits per heavy atom. The first-order chi connectivity index (χ1) is 9.52. The van der Waals surface area contributed by atoms with Gasteiger partial charge in [0, 0.05) is 19.0 Å². The number of nitrogens with one attached hydrogen (secondary N) is 1. The molecule has 108 valence electrons. The van der Waals surface area contributed by atoms with Gasteiger partial charge in [-0.25, -0.2) is 0 Å². The van der Waals surface area contributed by atoms with Crippen LogP contribution in [0.15, 0.2) is 24.3 Å². The van der Waals surface area contributed by atoms with Gasteiger partial charge in [-0.1, -0.05) is 23.7 Å². The van der Waals surface area contributed by atoms with Gasteiger partial charge < -0.3 is 15.3 Å². The number of para-hydroxylation sites is 1. The zero-order valence-electron chi connectivity index (χ0n) is 11.2. The topological polar surface area (TPSA) is 69.6 Å². The molecule has 0 aromatic heterocycles. The Hall–Kier alpha value is -1.59. The quantitative estimate of drug-likeness (QED) is 0.877. The van der Waals surface area contributed by atoms with Crippen molar-refractivity contribution in [2.45, 2.75) is 19.4 Å². The summed E-state index contributed by atoms with van der Waals surface area (Å²) >= 11 is 6.08. The second-order valence-corrected chi connectivity index (χ2v) is 5.36. The molecule has 1 aliphatic heterocycles. The van der Waals surface area contributed by atoms with Crippen LogP contribution >= 0.6 is 11.6 Å². The molecule has 2 atom stereocenters. The first kappa shape index (κ1) is 14.8. The van der Waals surface area contributed by atoms with E-state index in [9.17, 15) is 9.59 Å². The number of halogens is 1. The minimum atomic E-state index is -0.409. The lowest BCUT2D eigenvalue weighted by molar-refractivity contribution is -0.127. The summed E-state index contributed by atoms with van der Waals surface area (Å²) in [7, 11) is 0. The van der Waals surface area contributed by atoms with Gasteiger partial charge in [-0.05, 0) is 19.1 Å². The van der Waals surface area contributed by atoms with Crippen molar-refractivity contribution in [1.29, 1.82) is 0 Å². The van der Waals surface area contributed by atoms with E-state index in [1.54, 1.807) is 31.2 Å². The van der Waals surface area contributed by atoms with Crippen LogP contribution in [0.25, 0.3) is 0 Å². The molecule has 1 aromatic carbocycles. The zero-order valence-corrected chi connectivity index (χ0v) is 11.9. The number of nitrogens with zero attached hydrogens (tertiary/aromatic N) is 1. The number of anilines is 1. The molecule has 2 rings (SSSR count). The van der Waals surface area contributed by atoms with Gasteiger partial charge in [0.05, 0.1) is 23.2 Å². The largest absolute Gasteiger partial charge is 0.394 e. The molecule has 2 unspecified atom stereocenters. The summed E-state index contributed by atoms with van der Waals surface area (Å²) in [5.41, 5.74) is 0.629. The van der Waals surface area contributed by atoms with Gasteiger partial charge in [-0.2, -0.15) is 0 Å². The van der Waals surface area contributed by atoms with Crippen molar-refractivity contribution in [3.63, 3.8) is 0 Å². The van der Waals surface area contributed by atoms with Crippen LogP contribution in [-0.4, -0.2) is 36.1 Å². The summed E-state index contributed by atoms with van der Waals surface area (Å²) < 4.78 is 0. The molecule has 5 nitrogen and oxygen atoms in total. The van der Waals surface area contributed by atoms with Gasteiger partial charge in [-0.15, -0.1) is 0 Å². The van der Waals surface area contributed by atoms with Crippen LogP contribution in [0.1, 0.15) is 13.3 Å². The van der Waals surface area contributed by atoms with Crippen molar-refractivity contribution in [1.82, 2.24) is 5.32 Å². The van der Waals surface area contributed by atoms with Crippen LogP contribution < -0.4 is 10.2 Å². The maximum absolute atomic E-state index is 12.0. The van der Waals surface area contributed by atoms with Gasteiger partial charge in [-0.3, -0.25) is 9.59 Å². The van der Waals surface area contributed by atoms with Crippen molar-refractivity contribution in [3.05, 3.63) is 29.3 Å². The van der Waals surface area contributed by atoms with E-state index in [2.05, 4.69) is 5.32 Å². The monoisotopic (exact) mass is 296 g/mol. The summed E-state index contributed by atoms with van der Waals surface area (Å²) in [5.74, 6) is -0.739. The third-order valence-electron chi connectivity index (χ3n) is 3.30. The van der Waals surface area contributed by atoms with Crippen molar-refractivity contribution in [2.75, 3.05) is 18.1 Å². The maximum atomic E-state index is 12.0. The highest BCUT2D eigenvalue weighted by molar-refractivity contribution is 6.33. The minimum absolute atomic E-state index is 0.116. The smallest absolute Gasteiger partial charge is 0.227 e. The fourth-order valence-corrected chi connectivity index (χ4v) is 2.43. The summed E-state index contributed by atoms with van der Waals surface area (Å²) in [6.07, 6.45) is 0.162. The van der Waals surface area contributed by atoms with Gasteiger partial charge in [0.1, 0.15) is 0 Å². The number of hydrogen-bond acceptors (Lipinski definition) is 3. The molecule has 0 aliphatic carbocycles. The zero-order chi connectivity index (χ0) is 14.7. The number of aliphatic hydroxyl groups excluding tert-OH is 1. The van der Waals surface area contributed by atoms with E-state index in [1.165, 1.54) is 4.90 Å². The molecule has 1 fully saturated rings. The van der Waals surface area contributed by atoms with Crippen LogP contribution in [0.2, 0.25) is 5.02 Å². The van der Waals surface area contributed by atoms with Crippen LogP contribution in [-0.2, 0) is 9.59 Å². The number of amides is 2.